The van der Waals surface area contributed by atoms with E-state index in [0.717, 1.165) is 24.9 Å². The van der Waals surface area contributed by atoms with Crippen LogP contribution < -0.4 is 5.73 Å². The third-order valence-corrected chi connectivity index (χ3v) is 4.06. The molecule has 1 atom stereocenters. The lowest BCUT2D eigenvalue weighted by atomic mass is 10.0. The molecule has 1 aromatic carbocycles. The van der Waals surface area contributed by atoms with E-state index in [1.54, 1.807) is 4.90 Å². The number of hydrogen-bond donors (Lipinski definition) is 1. The molecule has 1 heterocycles. The minimum Gasteiger partial charge on any atom is -0.445 e. The first kappa shape index (κ1) is 11.5. The summed E-state index contributed by atoms with van der Waals surface area (Å²) in [4.78, 5) is 13.7. The summed E-state index contributed by atoms with van der Waals surface area (Å²) in [6, 6.07) is 9.85. The van der Waals surface area contributed by atoms with Crippen LogP contribution in [-0.2, 0) is 11.3 Å². The first-order valence-corrected chi connectivity index (χ1v) is 6.41. The van der Waals surface area contributed by atoms with Crippen molar-refractivity contribution in [2.24, 2.45) is 11.1 Å². The van der Waals surface area contributed by atoms with Gasteiger partial charge in [0.05, 0.1) is 0 Å². The van der Waals surface area contributed by atoms with Gasteiger partial charge in [0.15, 0.2) is 0 Å². The normalized spacial score (nSPS) is 24.3. The second-order valence-corrected chi connectivity index (χ2v) is 5.39. The first-order valence-electron chi connectivity index (χ1n) is 6.41. The van der Waals surface area contributed by atoms with Crippen LogP contribution in [0.2, 0.25) is 0 Å². The van der Waals surface area contributed by atoms with Crippen molar-refractivity contribution < 1.29 is 9.53 Å². The average molecular weight is 246 g/mol. The van der Waals surface area contributed by atoms with Crippen molar-refractivity contribution in [3.63, 3.8) is 0 Å². The minimum absolute atomic E-state index is 0.127. The predicted octanol–water partition coefficient (Wildman–Crippen LogP) is 1.75. The Labute approximate surface area is 107 Å². The van der Waals surface area contributed by atoms with Gasteiger partial charge in [-0.2, -0.15) is 0 Å². The summed E-state index contributed by atoms with van der Waals surface area (Å²) in [5.74, 6) is 0. The number of rotatable bonds is 2. The molecule has 1 amide bonds. The Kier molecular flexibility index (Phi) is 2.74. The average Bonchev–Trinajstić information content (AvgIpc) is 3.09. The van der Waals surface area contributed by atoms with Crippen molar-refractivity contribution >= 4 is 6.09 Å². The van der Waals surface area contributed by atoms with E-state index in [1.165, 1.54) is 0 Å². The lowest BCUT2D eigenvalue weighted by Crippen LogP contribution is -2.32. The summed E-state index contributed by atoms with van der Waals surface area (Å²) >= 11 is 0. The van der Waals surface area contributed by atoms with Gasteiger partial charge >= 0.3 is 6.09 Å². The summed E-state index contributed by atoms with van der Waals surface area (Å²) in [6.07, 6.45) is 2.06. The lowest BCUT2D eigenvalue weighted by molar-refractivity contribution is 0.102. The molecule has 1 saturated heterocycles. The number of carbonyl (C=O) groups excluding carboxylic acids is 1. The summed E-state index contributed by atoms with van der Waals surface area (Å²) in [5.41, 5.74) is 7.28. The molecule has 1 saturated carbocycles. The molecule has 0 aromatic heterocycles. The monoisotopic (exact) mass is 246 g/mol. The Hall–Kier alpha value is -1.55. The standard InChI is InChI=1S/C14H18N2O2/c15-12-8-16(10-14(12)6-7-14)13(17)18-9-11-4-2-1-3-5-11/h1-5,12H,6-10,15H2/t12-/m0/s1. The maximum atomic E-state index is 11.9. The van der Waals surface area contributed by atoms with Gasteiger partial charge in [0, 0.05) is 24.5 Å². The number of hydrogen-bond acceptors (Lipinski definition) is 3. The van der Waals surface area contributed by atoms with Crippen LogP contribution in [0, 0.1) is 5.41 Å². The summed E-state index contributed by atoms with van der Waals surface area (Å²) < 4.78 is 5.31. The number of nitrogens with zero attached hydrogens (tertiary/aromatic N) is 1. The van der Waals surface area contributed by atoms with Crippen LogP contribution in [-0.4, -0.2) is 30.1 Å². The molecule has 4 nitrogen and oxygen atoms in total. The van der Waals surface area contributed by atoms with E-state index in [2.05, 4.69) is 0 Å². The van der Waals surface area contributed by atoms with Crippen LogP contribution in [0.5, 0.6) is 0 Å². The molecule has 1 spiro atoms. The smallest absolute Gasteiger partial charge is 0.410 e. The summed E-state index contributed by atoms with van der Waals surface area (Å²) in [7, 11) is 0. The third kappa shape index (κ3) is 2.08. The maximum Gasteiger partial charge on any atom is 0.410 e. The van der Waals surface area contributed by atoms with E-state index in [4.69, 9.17) is 10.5 Å². The molecule has 0 bridgehead atoms. The highest BCUT2D eigenvalue weighted by Gasteiger charge is 2.54. The molecule has 0 unspecified atom stereocenters. The van der Waals surface area contributed by atoms with Gasteiger partial charge in [0.2, 0.25) is 0 Å². The second kappa shape index (κ2) is 4.28. The highest BCUT2D eigenvalue weighted by molar-refractivity contribution is 5.68. The van der Waals surface area contributed by atoms with Gasteiger partial charge in [0.1, 0.15) is 6.61 Å². The van der Waals surface area contributed by atoms with Crippen molar-refractivity contribution in [2.75, 3.05) is 13.1 Å². The summed E-state index contributed by atoms with van der Waals surface area (Å²) in [6.45, 7) is 1.73. The molecule has 1 aromatic rings. The van der Waals surface area contributed by atoms with Crippen LogP contribution in [0.15, 0.2) is 30.3 Å². The highest BCUT2D eigenvalue weighted by atomic mass is 16.6. The molecular formula is C14H18N2O2. The fraction of sp³-hybridized carbons (Fsp3) is 0.500. The van der Waals surface area contributed by atoms with Crippen molar-refractivity contribution in [1.82, 2.24) is 4.90 Å². The predicted molar refractivity (Wildman–Crippen MR) is 67.8 cm³/mol. The van der Waals surface area contributed by atoms with Gasteiger partial charge in [-0.15, -0.1) is 0 Å². The Bertz CT molecular complexity index is 442. The van der Waals surface area contributed by atoms with Gasteiger partial charge in [-0.1, -0.05) is 30.3 Å². The molecule has 0 radical (unpaired) electrons. The molecule has 2 N–H and O–H groups in total. The molecule has 1 aliphatic carbocycles. The molecule has 2 aliphatic rings. The molecule has 1 aliphatic heterocycles. The number of nitrogens with two attached hydrogens (primary N) is 1. The zero-order valence-electron chi connectivity index (χ0n) is 10.3. The van der Waals surface area contributed by atoms with Gasteiger partial charge in [-0.05, 0) is 18.4 Å². The van der Waals surface area contributed by atoms with Gasteiger partial charge in [-0.25, -0.2) is 4.79 Å². The molecule has 18 heavy (non-hydrogen) atoms. The SMILES string of the molecule is N[C@H]1CN(C(=O)OCc2ccccc2)CC12CC2. The van der Waals surface area contributed by atoms with Crippen LogP contribution in [0.4, 0.5) is 4.79 Å². The Balaban J connectivity index is 1.53. The number of benzene rings is 1. The molecule has 4 heteroatoms. The zero-order valence-corrected chi connectivity index (χ0v) is 10.3. The lowest BCUT2D eigenvalue weighted by Gasteiger charge is -2.15. The number of amides is 1. The van der Waals surface area contributed by atoms with Crippen LogP contribution >= 0.6 is 0 Å². The topological polar surface area (TPSA) is 55.6 Å². The van der Waals surface area contributed by atoms with Crippen molar-refractivity contribution in [3.8, 4) is 0 Å². The van der Waals surface area contributed by atoms with E-state index >= 15 is 0 Å². The highest BCUT2D eigenvalue weighted by Crippen LogP contribution is 2.52. The van der Waals surface area contributed by atoms with Gasteiger partial charge < -0.3 is 15.4 Å². The van der Waals surface area contributed by atoms with Gasteiger partial charge in [-0.3, -0.25) is 0 Å². The van der Waals surface area contributed by atoms with Crippen molar-refractivity contribution in [2.45, 2.75) is 25.5 Å². The first-order chi connectivity index (χ1) is 8.70. The Morgan fingerprint density at radius 1 is 1.39 bits per heavy atom. The largest absolute Gasteiger partial charge is 0.445 e. The molecule has 2 fully saturated rings. The van der Waals surface area contributed by atoms with Crippen LogP contribution in [0.3, 0.4) is 0 Å². The second-order valence-electron chi connectivity index (χ2n) is 5.39. The fourth-order valence-electron chi connectivity index (χ4n) is 2.63. The Morgan fingerprint density at radius 3 is 2.72 bits per heavy atom. The fourth-order valence-corrected chi connectivity index (χ4v) is 2.63. The van der Waals surface area contributed by atoms with Crippen LogP contribution in [0.1, 0.15) is 18.4 Å². The van der Waals surface area contributed by atoms with E-state index < -0.39 is 0 Å². The van der Waals surface area contributed by atoms with Crippen molar-refractivity contribution in [1.29, 1.82) is 0 Å². The quantitative estimate of drug-likeness (QED) is 0.865. The maximum absolute atomic E-state index is 11.9. The number of likely N-dealkylation sites (tertiary alicyclic amines) is 1. The minimum atomic E-state index is -0.238. The van der Waals surface area contributed by atoms with Crippen LogP contribution in [0.25, 0.3) is 0 Å². The number of carbonyl (C=O) groups is 1. The van der Waals surface area contributed by atoms with Crippen molar-refractivity contribution in [3.05, 3.63) is 35.9 Å². The zero-order chi connectivity index (χ0) is 12.6. The Morgan fingerprint density at radius 2 is 2.11 bits per heavy atom. The third-order valence-electron chi connectivity index (χ3n) is 4.06. The molecule has 96 valence electrons. The summed E-state index contributed by atoms with van der Waals surface area (Å²) in [5, 5.41) is 0. The van der Waals surface area contributed by atoms with Gasteiger partial charge in [0.25, 0.3) is 0 Å². The number of ether oxygens (including phenoxy) is 1. The van der Waals surface area contributed by atoms with E-state index in [9.17, 15) is 4.79 Å². The molecular weight excluding hydrogens is 228 g/mol. The van der Waals surface area contributed by atoms with E-state index in [0.29, 0.717) is 13.2 Å². The molecule has 3 rings (SSSR count). The van der Waals surface area contributed by atoms with E-state index in [1.807, 2.05) is 30.3 Å². The van der Waals surface area contributed by atoms with E-state index in [-0.39, 0.29) is 17.6 Å².